The van der Waals surface area contributed by atoms with Gasteiger partial charge in [0.2, 0.25) is 5.91 Å². The minimum atomic E-state index is -0.573. The Morgan fingerprint density at radius 3 is 2.53 bits per heavy atom. The van der Waals surface area contributed by atoms with E-state index < -0.39 is 6.04 Å². The second kappa shape index (κ2) is 11.9. The standard InChI is InChI=1S/C24H32N2O4/c1-5-14-25-24(28)21(6-2)26(16-19-11-9-12-20(15-19)29-4)23(27)17-30-22-13-8-7-10-18(22)3/h7-13,15,21H,5-6,14,16-17H2,1-4H3,(H,25,28)/t21-/m0/s1. The Morgan fingerprint density at radius 1 is 1.10 bits per heavy atom. The van der Waals surface area contributed by atoms with E-state index in [1.54, 1.807) is 12.0 Å². The van der Waals surface area contributed by atoms with E-state index in [1.807, 2.05) is 69.3 Å². The molecule has 0 saturated heterocycles. The molecule has 0 heterocycles. The number of carbonyl (C=O) groups excluding carboxylic acids is 2. The number of carbonyl (C=O) groups is 2. The van der Waals surface area contributed by atoms with Crippen LogP contribution in [0.25, 0.3) is 0 Å². The first-order valence-corrected chi connectivity index (χ1v) is 10.4. The van der Waals surface area contributed by atoms with Crippen molar-refractivity contribution in [3.8, 4) is 11.5 Å². The van der Waals surface area contributed by atoms with Gasteiger partial charge in [0, 0.05) is 13.1 Å². The Morgan fingerprint density at radius 2 is 1.87 bits per heavy atom. The van der Waals surface area contributed by atoms with Crippen LogP contribution in [0, 0.1) is 6.92 Å². The van der Waals surface area contributed by atoms with Crippen molar-refractivity contribution in [2.75, 3.05) is 20.3 Å². The van der Waals surface area contributed by atoms with Crippen LogP contribution in [0.4, 0.5) is 0 Å². The third-order valence-corrected chi connectivity index (χ3v) is 4.87. The lowest BCUT2D eigenvalue weighted by Crippen LogP contribution is -2.50. The van der Waals surface area contributed by atoms with E-state index in [-0.39, 0.29) is 18.4 Å². The van der Waals surface area contributed by atoms with Gasteiger partial charge in [-0.15, -0.1) is 0 Å². The number of amides is 2. The maximum atomic E-state index is 13.2. The Hall–Kier alpha value is -3.02. The van der Waals surface area contributed by atoms with Gasteiger partial charge < -0.3 is 19.7 Å². The van der Waals surface area contributed by atoms with Gasteiger partial charge in [-0.05, 0) is 49.1 Å². The van der Waals surface area contributed by atoms with Gasteiger partial charge in [0.05, 0.1) is 7.11 Å². The second-order valence-electron chi connectivity index (χ2n) is 7.14. The molecule has 0 bridgehead atoms. The van der Waals surface area contributed by atoms with Crippen LogP contribution in [0.1, 0.15) is 37.8 Å². The van der Waals surface area contributed by atoms with Crippen molar-refractivity contribution >= 4 is 11.8 Å². The lowest BCUT2D eigenvalue weighted by molar-refractivity contribution is -0.143. The number of benzene rings is 2. The smallest absolute Gasteiger partial charge is 0.261 e. The van der Waals surface area contributed by atoms with Gasteiger partial charge in [0.25, 0.3) is 5.91 Å². The summed E-state index contributed by atoms with van der Waals surface area (Å²) in [4.78, 5) is 27.5. The van der Waals surface area contributed by atoms with Gasteiger partial charge in [0.15, 0.2) is 6.61 Å². The molecule has 6 nitrogen and oxygen atoms in total. The van der Waals surface area contributed by atoms with Crippen molar-refractivity contribution < 1.29 is 19.1 Å². The van der Waals surface area contributed by atoms with Crippen molar-refractivity contribution in [1.82, 2.24) is 10.2 Å². The van der Waals surface area contributed by atoms with Gasteiger partial charge in [-0.2, -0.15) is 0 Å². The fourth-order valence-electron chi connectivity index (χ4n) is 3.19. The molecule has 162 valence electrons. The van der Waals surface area contributed by atoms with E-state index in [1.165, 1.54) is 0 Å². The number of para-hydroxylation sites is 1. The fourth-order valence-corrected chi connectivity index (χ4v) is 3.19. The van der Waals surface area contributed by atoms with Crippen molar-refractivity contribution in [2.24, 2.45) is 0 Å². The van der Waals surface area contributed by atoms with Gasteiger partial charge in [-0.3, -0.25) is 9.59 Å². The molecule has 1 atom stereocenters. The molecule has 0 aliphatic rings. The molecule has 2 aromatic rings. The molecule has 0 spiro atoms. The molecule has 0 aromatic heterocycles. The van der Waals surface area contributed by atoms with Crippen molar-refractivity contribution in [2.45, 2.75) is 46.2 Å². The van der Waals surface area contributed by atoms with Gasteiger partial charge in [-0.1, -0.05) is 44.2 Å². The Balaban J connectivity index is 2.22. The number of hydrogen-bond acceptors (Lipinski definition) is 4. The topological polar surface area (TPSA) is 67.9 Å². The molecular weight excluding hydrogens is 380 g/mol. The van der Waals surface area contributed by atoms with Crippen LogP contribution in [-0.4, -0.2) is 43.0 Å². The summed E-state index contributed by atoms with van der Waals surface area (Å²) >= 11 is 0. The van der Waals surface area contributed by atoms with E-state index in [0.717, 1.165) is 17.5 Å². The number of nitrogens with one attached hydrogen (secondary N) is 1. The predicted molar refractivity (Wildman–Crippen MR) is 118 cm³/mol. The number of hydrogen-bond donors (Lipinski definition) is 1. The molecule has 0 saturated carbocycles. The third kappa shape index (κ3) is 6.51. The first kappa shape index (κ1) is 23.3. The number of aryl methyl sites for hydroxylation is 1. The summed E-state index contributed by atoms with van der Waals surface area (Å²) in [6.07, 6.45) is 1.35. The third-order valence-electron chi connectivity index (χ3n) is 4.87. The van der Waals surface area contributed by atoms with Crippen LogP contribution in [0.5, 0.6) is 11.5 Å². The van der Waals surface area contributed by atoms with Crippen molar-refractivity contribution in [1.29, 1.82) is 0 Å². The molecule has 2 aromatic carbocycles. The maximum absolute atomic E-state index is 13.2. The first-order valence-electron chi connectivity index (χ1n) is 10.4. The molecule has 1 N–H and O–H groups in total. The average molecular weight is 413 g/mol. The summed E-state index contributed by atoms with van der Waals surface area (Å²) in [5.41, 5.74) is 1.85. The van der Waals surface area contributed by atoms with Gasteiger partial charge in [0.1, 0.15) is 17.5 Å². The largest absolute Gasteiger partial charge is 0.497 e. The van der Waals surface area contributed by atoms with Gasteiger partial charge in [-0.25, -0.2) is 0 Å². The average Bonchev–Trinajstić information content (AvgIpc) is 2.76. The summed E-state index contributed by atoms with van der Waals surface area (Å²) in [7, 11) is 1.60. The van der Waals surface area contributed by atoms with E-state index in [9.17, 15) is 9.59 Å². The summed E-state index contributed by atoms with van der Waals surface area (Å²) in [6.45, 7) is 6.58. The maximum Gasteiger partial charge on any atom is 0.261 e. The highest BCUT2D eigenvalue weighted by Crippen LogP contribution is 2.19. The van der Waals surface area contributed by atoms with Crippen LogP contribution >= 0.6 is 0 Å². The molecule has 6 heteroatoms. The SMILES string of the molecule is CCCNC(=O)[C@H](CC)N(Cc1cccc(OC)c1)C(=O)COc1ccccc1C. The lowest BCUT2D eigenvalue weighted by atomic mass is 10.1. The highest BCUT2D eigenvalue weighted by atomic mass is 16.5. The highest BCUT2D eigenvalue weighted by Gasteiger charge is 2.28. The van der Waals surface area contributed by atoms with Crippen molar-refractivity contribution in [3.05, 3.63) is 59.7 Å². The molecular formula is C24H32N2O4. The zero-order valence-corrected chi connectivity index (χ0v) is 18.3. The predicted octanol–water partition coefficient (Wildman–Crippen LogP) is 3.72. The lowest BCUT2D eigenvalue weighted by Gasteiger charge is -2.30. The van der Waals surface area contributed by atoms with Crippen LogP contribution in [0.3, 0.4) is 0 Å². The summed E-state index contributed by atoms with van der Waals surface area (Å²) in [5, 5.41) is 2.91. The molecule has 0 radical (unpaired) electrons. The number of rotatable bonds is 11. The molecule has 2 rings (SSSR count). The van der Waals surface area contributed by atoms with Crippen LogP contribution in [0.15, 0.2) is 48.5 Å². The van der Waals surface area contributed by atoms with E-state index in [4.69, 9.17) is 9.47 Å². The van der Waals surface area contributed by atoms with Crippen molar-refractivity contribution in [3.63, 3.8) is 0 Å². The first-order chi connectivity index (χ1) is 14.5. The molecule has 0 fully saturated rings. The Labute approximate surface area is 179 Å². The number of nitrogens with zero attached hydrogens (tertiary/aromatic N) is 1. The minimum Gasteiger partial charge on any atom is -0.497 e. The monoisotopic (exact) mass is 412 g/mol. The second-order valence-corrected chi connectivity index (χ2v) is 7.14. The quantitative estimate of drug-likeness (QED) is 0.611. The minimum absolute atomic E-state index is 0.133. The molecule has 30 heavy (non-hydrogen) atoms. The van der Waals surface area contributed by atoms with Crippen LogP contribution in [0.2, 0.25) is 0 Å². The van der Waals surface area contributed by atoms with Crippen LogP contribution in [-0.2, 0) is 16.1 Å². The summed E-state index contributed by atoms with van der Waals surface area (Å²) in [5.74, 6) is 0.987. The van der Waals surface area contributed by atoms with Crippen LogP contribution < -0.4 is 14.8 Å². The Bertz CT molecular complexity index is 837. The number of methoxy groups -OCH3 is 1. The highest BCUT2D eigenvalue weighted by molar-refractivity contribution is 5.88. The molecule has 0 aliphatic heterocycles. The van der Waals surface area contributed by atoms with E-state index >= 15 is 0 Å². The summed E-state index contributed by atoms with van der Waals surface area (Å²) < 4.78 is 11.1. The van der Waals surface area contributed by atoms with E-state index in [2.05, 4.69) is 5.32 Å². The Kier molecular flexibility index (Phi) is 9.19. The number of ether oxygens (including phenoxy) is 2. The van der Waals surface area contributed by atoms with E-state index in [0.29, 0.717) is 31.0 Å². The summed E-state index contributed by atoms with van der Waals surface area (Å²) in [6, 6.07) is 14.5. The molecule has 2 amide bonds. The zero-order chi connectivity index (χ0) is 21.9. The zero-order valence-electron chi connectivity index (χ0n) is 18.3. The molecule has 0 aliphatic carbocycles. The molecule has 0 unspecified atom stereocenters. The fraction of sp³-hybridized carbons (Fsp3) is 0.417. The van der Waals surface area contributed by atoms with Gasteiger partial charge >= 0.3 is 0 Å². The normalized spacial score (nSPS) is 11.5.